The molecule has 0 spiro atoms. The average Bonchev–Trinajstić information content (AvgIpc) is 3.13. The Morgan fingerprint density at radius 3 is 2.72 bits per heavy atom. The van der Waals surface area contributed by atoms with Gasteiger partial charge in [-0.2, -0.15) is 0 Å². The van der Waals surface area contributed by atoms with Crippen LogP contribution in [0.2, 0.25) is 0 Å². The van der Waals surface area contributed by atoms with Gasteiger partial charge in [-0.25, -0.2) is 0 Å². The molecule has 0 aliphatic carbocycles. The lowest BCUT2D eigenvalue weighted by Crippen LogP contribution is -2.27. The Balaban J connectivity index is 1.87. The Morgan fingerprint density at radius 2 is 2.04 bits per heavy atom. The highest BCUT2D eigenvalue weighted by molar-refractivity contribution is 7.09. The van der Waals surface area contributed by atoms with Crippen LogP contribution >= 0.6 is 11.3 Å². The van der Waals surface area contributed by atoms with Crippen LogP contribution in [0.3, 0.4) is 0 Å². The number of hydrogen-bond donors (Lipinski definition) is 2. The number of fused-ring (bicyclic) bond motifs is 1. The van der Waals surface area contributed by atoms with Crippen molar-refractivity contribution in [2.24, 2.45) is 0 Å². The largest absolute Gasteiger partial charge is 0.438 e. The summed E-state index contributed by atoms with van der Waals surface area (Å²) < 4.78 is 5.61. The van der Waals surface area contributed by atoms with Crippen LogP contribution in [0.15, 0.2) is 46.2 Å². The molecule has 0 aliphatic heterocycles. The lowest BCUT2D eigenvalue weighted by atomic mass is 10.1. The zero-order chi connectivity index (χ0) is 17.8. The first-order valence-corrected chi connectivity index (χ1v) is 9.18. The van der Waals surface area contributed by atoms with Crippen LogP contribution in [-0.2, 0) is 6.54 Å². The number of rotatable bonds is 6. The van der Waals surface area contributed by atoms with E-state index in [1.165, 1.54) is 0 Å². The number of carbonyl (C=O) groups is 1. The van der Waals surface area contributed by atoms with Crippen LogP contribution in [0.1, 0.15) is 29.1 Å². The van der Waals surface area contributed by atoms with E-state index in [0.717, 1.165) is 29.0 Å². The molecule has 0 bridgehead atoms. The number of anilines is 1. The van der Waals surface area contributed by atoms with E-state index in [0.29, 0.717) is 12.1 Å². The van der Waals surface area contributed by atoms with Gasteiger partial charge >= 0.3 is 0 Å². The van der Waals surface area contributed by atoms with Crippen molar-refractivity contribution in [3.05, 3.63) is 57.8 Å². The lowest BCUT2D eigenvalue weighted by Gasteiger charge is -2.21. The molecule has 3 rings (SSSR count). The topological polar surface area (TPSA) is 69.3 Å². The molecule has 1 amide bonds. The highest BCUT2D eigenvalue weighted by atomic mass is 32.1. The van der Waals surface area contributed by atoms with E-state index in [2.05, 4.69) is 24.1 Å². The molecule has 0 fully saturated rings. The number of nitrogens with zero attached hydrogens (tertiary/aromatic N) is 1. The maximum absolute atomic E-state index is 12.4. The number of benzene rings is 1. The van der Waals surface area contributed by atoms with Crippen LogP contribution < -0.4 is 15.8 Å². The molecule has 0 unspecified atom stereocenters. The third kappa shape index (κ3) is 3.74. The van der Waals surface area contributed by atoms with Gasteiger partial charge in [-0.1, -0.05) is 6.07 Å². The lowest BCUT2D eigenvalue weighted by molar-refractivity contribution is 0.0947. The van der Waals surface area contributed by atoms with E-state index in [1.807, 2.05) is 35.7 Å². The second kappa shape index (κ2) is 7.53. The first-order chi connectivity index (χ1) is 12.1. The molecule has 0 saturated carbocycles. The van der Waals surface area contributed by atoms with E-state index in [9.17, 15) is 4.79 Å². The average molecular weight is 355 g/mol. The van der Waals surface area contributed by atoms with E-state index in [4.69, 9.17) is 9.83 Å². The summed E-state index contributed by atoms with van der Waals surface area (Å²) in [7, 11) is 0. The molecule has 130 valence electrons. The van der Waals surface area contributed by atoms with Crippen LogP contribution in [-0.4, -0.2) is 19.0 Å². The number of carbonyl (C=O) groups excluding carboxylic acids is 1. The third-order valence-electron chi connectivity index (χ3n) is 4.13. The molecule has 5 nitrogen and oxygen atoms in total. The molecule has 2 heterocycles. The Bertz CT molecular complexity index is 927. The maximum atomic E-state index is 12.4. The van der Waals surface area contributed by atoms with Gasteiger partial charge in [-0.15, -0.1) is 11.3 Å². The molecule has 3 aromatic rings. The van der Waals surface area contributed by atoms with Crippen LogP contribution in [0.25, 0.3) is 11.0 Å². The van der Waals surface area contributed by atoms with Crippen LogP contribution in [0.5, 0.6) is 0 Å². The van der Waals surface area contributed by atoms with Crippen molar-refractivity contribution in [2.75, 3.05) is 18.0 Å². The second-order valence-electron chi connectivity index (χ2n) is 5.65. The van der Waals surface area contributed by atoms with Gasteiger partial charge in [0, 0.05) is 35.1 Å². The van der Waals surface area contributed by atoms with Crippen molar-refractivity contribution in [1.29, 1.82) is 5.41 Å². The van der Waals surface area contributed by atoms with Crippen molar-refractivity contribution in [2.45, 2.75) is 20.4 Å². The summed E-state index contributed by atoms with van der Waals surface area (Å²) in [6.45, 7) is 6.45. The fourth-order valence-corrected chi connectivity index (χ4v) is 3.39. The second-order valence-corrected chi connectivity index (χ2v) is 6.68. The van der Waals surface area contributed by atoms with Crippen LogP contribution in [0, 0.1) is 5.41 Å². The smallest absolute Gasteiger partial charge is 0.257 e. The molecule has 2 N–H and O–H groups in total. The molecule has 0 atom stereocenters. The van der Waals surface area contributed by atoms with Gasteiger partial charge in [0.15, 0.2) is 0 Å². The minimum atomic E-state index is -0.295. The van der Waals surface area contributed by atoms with Gasteiger partial charge in [-0.3, -0.25) is 10.2 Å². The number of amides is 1. The van der Waals surface area contributed by atoms with Crippen molar-refractivity contribution < 1.29 is 9.21 Å². The first-order valence-electron chi connectivity index (χ1n) is 8.30. The monoisotopic (exact) mass is 355 g/mol. The summed E-state index contributed by atoms with van der Waals surface area (Å²) in [6.07, 6.45) is 0. The fraction of sp³-hybridized carbons (Fsp3) is 0.263. The zero-order valence-corrected chi connectivity index (χ0v) is 15.2. The Kier molecular flexibility index (Phi) is 5.19. The van der Waals surface area contributed by atoms with E-state index >= 15 is 0 Å². The van der Waals surface area contributed by atoms with Gasteiger partial charge in [0.2, 0.25) is 5.55 Å². The molecule has 1 aromatic carbocycles. The Hall–Kier alpha value is -2.60. The van der Waals surface area contributed by atoms with Gasteiger partial charge in [0.25, 0.3) is 5.91 Å². The molecule has 0 saturated heterocycles. The standard InChI is InChI=1S/C19H21N3O2S/c1-3-22(4-2)14-8-7-13-10-16(18(20)24-17(13)11-14)19(23)21-12-15-6-5-9-25-15/h5-11,20H,3-4,12H2,1-2H3,(H,21,23). The Morgan fingerprint density at radius 1 is 1.24 bits per heavy atom. The molecular weight excluding hydrogens is 334 g/mol. The minimum Gasteiger partial charge on any atom is -0.438 e. The van der Waals surface area contributed by atoms with Crippen molar-refractivity contribution in [1.82, 2.24) is 5.32 Å². The first kappa shape index (κ1) is 17.2. The highest BCUT2D eigenvalue weighted by Crippen LogP contribution is 2.22. The molecule has 0 radical (unpaired) electrons. The van der Waals surface area contributed by atoms with E-state index in [1.54, 1.807) is 17.4 Å². The maximum Gasteiger partial charge on any atom is 0.257 e. The normalized spacial score (nSPS) is 10.8. The summed E-state index contributed by atoms with van der Waals surface area (Å²) in [5.74, 6) is -0.295. The predicted octanol–water partition coefficient (Wildman–Crippen LogP) is 3.75. The molecule has 25 heavy (non-hydrogen) atoms. The SMILES string of the molecule is CCN(CC)c1ccc2cc(C(=O)NCc3cccs3)c(=N)oc2c1. The molecular formula is C19H21N3O2S. The van der Waals surface area contributed by atoms with E-state index < -0.39 is 0 Å². The summed E-state index contributed by atoms with van der Waals surface area (Å²) in [5, 5.41) is 13.7. The quantitative estimate of drug-likeness (QED) is 0.707. The summed E-state index contributed by atoms with van der Waals surface area (Å²) in [4.78, 5) is 15.7. The molecule has 2 aromatic heterocycles. The summed E-state index contributed by atoms with van der Waals surface area (Å²) in [6, 6.07) is 11.5. The van der Waals surface area contributed by atoms with Crippen molar-refractivity contribution in [3.8, 4) is 0 Å². The van der Waals surface area contributed by atoms with Gasteiger partial charge < -0.3 is 14.6 Å². The Labute approximate surface area is 150 Å². The van der Waals surface area contributed by atoms with Gasteiger partial charge in [-0.05, 0) is 43.5 Å². The predicted molar refractivity (Wildman–Crippen MR) is 101 cm³/mol. The zero-order valence-electron chi connectivity index (χ0n) is 14.3. The number of nitrogens with one attached hydrogen (secondary N) is 2. The van der Waals surface area contributed by atoms with Gasteiger partial charge in [0.1, 0.15) is 11.1 Å². The van der Waals surface area contributed by atoms with Crippen molar-refractivity contribution in [3.63, 3.8) is 0 Å². The third-order valence-corrected chi connectivity index (χ3v) is 5.01. The summed E-state index contributed by atoms with van der Waals surface area (Å²) in [5.41, 5.74) is 1.80. The summed E-state index contributed by atoms with van der Waals surface area (Å²) >= 11 is 1.59. The van der Waals surface area contributed by atoms with E-state index in [-0.39, 0.29) is 17.0 Å². The van der Waals surface area contributed by atoms with Crippen molar-refractivity contribution >= 4 is 33.9 Å². The number of thiophene rings is 1. The van der Waals surface area contributed by atoms with Gasteiger partial charge in [0.05, 0.1) is 6.54 Å². The molecule has 6 heteroatoms. The minimum absolute atomic E-state index is 0.118. The number of hydrogen-bond acceptors (Lipinski definition) is 5. The fourth-order valence-electron chi connectivity index (χ4n) is 2.75. The molecule has 0 aliphatic rings. The highest BCUT2D eigenvalue weighted by Gasteiger charge is 2.12. The van der Waals surface area contributed by atoms with Crippen LogP contribution in [0.4, 0.5) is 5.69 Å².